The molecule has 2 aliphatic rings. The van der Waals surface area contributed by atoms with Crippen LogP contribution in [0.25, 0.3) is 0 Å². The Hall–Kier alpha value is -2.93. The van der Waals surface area contributed by atoms with E-state index in [2.05, 4.69) is 6.92 Å². The van der Waals surface area contributed by atoms with Gasteiger partial charge in [-0.05, 0) is 62.3 Å². The normalized spacial score (nSPS) is 18.1. The van der Waals surface area contributed by atoms with E-state index in [0.717, 1.165) is 41.3 Å². The van der Waals surface area contributed by atoms with E-state index in [9.17, 15) is 9.90 Å². The van der Waals surface area contributed by atoms with Gasteiger partial charge in [-0.2, -0.15) is 0 Å². The second kappa shape index (κ2) is 11.7. The van der Waals surface area contributed by atoms with E-state index in [4.69, 9.17) is 14.2 Å². The van der Waals surface area contributed by atoms with Gasteiger partial charge in [0, 0.05) is 36.5 Å². The summed E-state index contributed by atoms with van der Waals surface area (Å²) in [6, 6.07) is 11.7. The monoisotopic (exact) mass is 482 g/mol. The highest BCUT2D eigenvalue weighted by Crippen LogP contribution is 2.36. The fourth-order valence-electron chi connectivity index (χ4n) is 4.67. The molecule has 1 atom stereocenters. The van der Waals surface area contributed by atoms with Crippen molar-refractivity contribution in [2.45, 2.75) is 58.0 Å². The molecule has 0 unspecified atom stereocenters. The molecule has 7 nitrogen and oxygen atoms in total. The second-order valence-corrected chi connectivity index (χ2v) is 9.59. The van der Waals surface area contributed by atoms with Crippen LogP contribution in [0.1, 0.15) is 50.2 Å². The number of ether oxygens (including phenoxy) is 3. The molecule has 4 rings (SSSR count). The summed E-state index contributed by atoms with van der Waals surface area (Å²) in [5, 5.41) is 9.24. The van der Waals surface area contributed by atoms with Gasteiger partial charge in [-0.3, -0.25) is 4.90 Å². The van der Waals surface area contributed by atoms with Crippen LogP contribution in [-0.4, -0.2) is 56.1 Å². The lowest BCUT2D eigenvalue weighted by molar-refractivity contribution is 0.165. The Morgan fingerprint density at radius 2 is 1.80 bits per heavy atom. The van der Waals surface area contributed by atoms with Gasteiger partial charge in [0.15, 0.2) is 11.5 Å². The average Bonchev–Trinajstić information content (AvgIpc) is 3.69. The van der Waals surface area contributed by atoms with Crippen LogP contribution >= 0.6 is 0 Å². The predicted octanol–water partition coefficient (Wildman–Crippen LogP) is 5.03. The predicted molar refractivity (Wildman–Crippen MR) is 137 cm³/mol. The maximum Gasteiger partial charge on any atom is 0.325 e. The van der Waals surface area contributed by atoms with E-state index in [1.165, 1.54) is 19.3 Å². The molecule has 1 N–H and O–H groups in total. The minimum atomic E-state index is -0.0323. The van der Waals surface area contributed by atoms with Crippen molar-refractivity contribution in [1.29, 1.82) is 0 Å². The molecule has 190 valence electrons. The van der Waals surface area contributed by atoms with Crippen molar-refractivity contribution in [3.05, 3.63) is 47.5 Å². The number of methoxy groups -OCH3 is 2. The number of hydrogen-bond donors (Lipinski definition) is 1. The molecule has 1 aliphatic heterocycles. The molecule has 2 aromatic carbocycles. The van der Waals surface area contributed by atoms with E-state index in [-0.39, 0.29) is 18.7 Å². The third-order valence-electron chi connectivity index (χ3n) is 7.04. The van der Waals surface area contributed by atoms with Crippen molar-refractivity contribution in [2.24, 2.45) is 5.92 Å². The Morgan fingerprint density at radius 3 is 2.51 bits per heavy atom. The summed E-state index contributed by atoms with van der Waals surface area (Å²) in [4.78, 5) is 17.3. The Bertz CT molecular complexity index is 1010. The lowest BCUT2D eigenvalue weighted by Gasteiger charge is -2.40. The smallest absolute Gasteiger partial charge is 0.325 e. The Labute approximate surface area is 208 Å². The van der Waals surface area contributed by atoms with Crippen molar-refractivity contribution in [3.63, 3.8) is 0 Å². The van der Waals surface area contributed by atoms with Crippen molar-refractivity contribution in [3.8, 4) is 17.2 Å². The number of amides is 2. The van der Waals surface area contributed by atoms with Crippen molar-refractivity contribution in [2.75, 3.05) is 38.9 Å². The molecular formula is C28H38N2O5. The number of carbonyl (C=O) groups excluding carboxylic acids is 1. The number of aliphatic hydroxyl groups excluding tert-OH is 1. The number of carbonyl (C=O) groups is 1. The van der Waals surface area contributed by atoms with Gasteiger partial charge in [0.05, 0.1) is 27.4 Å². The number of hydrogen-bond acceptors (Lipinski definition) is 5. The molecule has 0 radical (unpaired) electrons. The maximum absolute atomic E-state index is 13.6. The van der Waals surface area contributed by atoms with Gasteiger partial charge in [-0.25, -0.2) is 4.79 Å². The van der Waals surface area contributed by atoms with E-state index in [1.54, 1.807) is 14.2 Å². The number of nitrogens with zero attached hydrogens (tertiary/aromatic N) is 2. The second-order valence-electron chi connectivity index (χ2n) is 9.59. The molecule has 1 heterocycles. The first kappa shape index (κ1) is 25.2. The SMILES string of the molecule is COc1cc(CCO)ccc1CN1C(=O)N(c2ccc(OC)c(OCCCC3CC3)c2)CC[C@@H]1C. The van der Waals surface area contributed by atoms with Gasteiger partial charge in [0.2, 0.25) is 0 Å². The van der Waals surface area contributed by atoms with Gasteiger partial charge in [-0.1, -0.05) is 25.0 Å². The summed E-state index contributed by atoms with van der Waals surface area (Å²) < 4.78 is 17.2. The lowest BCUT2D eigenvalue weighted by Crippen LogP contribution is -2.53. The largest absolute Gasteiger partial charge is 0.496 e. The average molecular weight is 483 g/mol. The highest BCUT2D eigenvalue weighted by molar-refractivity contribution is 5.93. The summed E-state index contributed by atoms with van der Waals surface area (Å²) in [7, 11) is 3.28. The highest BCUT2D eigenvalue weighted by atomic mass is 16.5. The number of anilines is 1. The number of urea groups is 1. The number of benzene rings is 2. The fraction of sp³-hybridized carbons (Fsp3) is 0.536. The van der Waals surface area contributed by atoms with Crippen molar-refractivity contribution in [1.82, 2.24) is 4.90 Å². The molecular weight excluding hydrogens is 444 g/mol. The first-order valence-electron chi connectivity index (χ1n) is 12.7. The molecule has 0 aromatic heterocycles. The van der Waals surface area contributed by atoms with Crippen LogP contribution in [0, 0.1) is 5.92 Å². The minimum absolute atomic E-state index is 0.0323. The first-order valence-corrected chi connectivity index (χ1v) is 12.7. The molecule has 1 saturated carbocycles. The first-order chi connectivity index (χ1) is 17.0. The van der Waals surface area contributed by atoms with E-state index in [0.29, 0.717) is 37.6 Å². The molecule has 1 aliphatic carbocycles. The van der Waals surface area contributed by atoms with Gasteiger partial charge < -0.3 is 24.2 Å². The van der Waals surface area contributed by atoms with Gasteiger partial charge in [0.1, 0.15) is 5.75 Å². The zero-order valence-corrected chi connectivity index (χ0v) is 21.2. The molecule has 0 spiro atoms. The van der Waals surface area contributed by atoms with Crippen LogP contribution in [0.5, 0.6) is 17.2 Å². The number of rotatable bonds is 12. The summed E-state index contributed by atoms with van der Waals surface area (Å²) in [5.41, 5.74) is 2.77. The Kier molecular flexibility index (Phi) is 8.39. The van der Waals surface area contributed by atoms with Gasteiger partial charge in [-0.15, -0.1) is 0 Å². The zero-order valence-electron chi connectivity index (χ0n) is 21.2. The van der Waals surface area contributed by atoms with Crippen LogP contribution in [-0.2, 0) is 13.0 Å². The highest BCUT2D eigenvalue weighted by Gasteiger charge is 2.32. The zero-order chi connectivity index (χ0) is 24.8. The fourth-order valence-corrected chi connectivity index (χ4v) is 4.67. The third kappa shape index (κ3) is 6.20. The third-order valence-corrected chi connectivity index (χ3v) is 7.04. The number of aliphatic hydroxyl groups is 1. The van der Waals surface area contributed by atoms with Crippen LogP contribution < -0.4 is 19.1 Å². The van der Waals surface area contributed by atoms with E-state index >= 15 is 0 Å². The van der Waals surface area contributed by atoms with Gasteiger partial charge >= 0.3 is 6.03 Å². The molecule has 2 fully saturated rings. The molecule has 0 bridgehead atoms. The lowest BCUT2D eigenvalue weighted by atomic mass is 10.0. The minimum Gasteiger partial charge on any atom is -0.496 e. The summed E-state index contributed by atoms with van der Waals surface area (Å²) in [6.45, 7) is 3.94. The van der Waals surface area contributed by atoms with Gasteiger partial charge in [0.25, 0.3) is 0 Å². The maximum atomic E-state index is 13.6. The quantitative estimate of drug-likeness (QED) is 0.430. The standard InChI is InChI=1S/C28H38N2O5/c1-20-12-14-29(24-10-11-25(33-2)27(18-24)35-16-4-5-21-6-7-21)28(32)30(20)19-23-9-8-22(13-15-31)17-26(23)34-3/h8-11,17-18,20-21,31H,4-7,12-16,19H2,1-3H3/t20-/m0/s1. The topological polar surface area (TPSA) is 71.5 Å². The molecule has 7 heteroatoms. The van der Waals surface area contributed by atoms with Crippen molar-refractivity contribution < 1.29 is 24.1 Å². The summed E-state index contributed by atoms with van der Waals surface area (Å²) in [5.74, 6) is 2.98. The van der Waals surface area contributed by atoms with Crippen molar-refractivity contribution >= 4 is 11.7 Å². The molecule has 2 aromatic rings. The summed E-state index contributed by atoms with van der Waals surface area (Å²) >= 11 is 0. The Balaban J connectivity index is 1.49. The van der Waals surface area contributed by atoms with Crippen LogP contribution in [0.15, 0.2) is 36.4 Å². The molecule has 35 heavy (non-hydrogen) atoms. The van der Waals surface area contributed by atoms with E-state index in [1.807, 2.05) is 46.2 Å². The summed E-state index contributed by atoms with van der Waals surface area (Å²) in [6.07, 6.45) is 6.38. The Morgan fingerprint density at radius 1 is 1.00 bits per heavy atom. The molecule has 1 saturated heterocycles. The van der Waals surface area contributed by atoms with Crippen LogP contribution in [0.2, 0.25) is 0 Å². The van der Waals surface area contributed by atoms with Crippen LogP contribution in [0.4, 0.5) is 10.5 Å². The molecule has 2 amide bonds. The van der Waals surface area contributed by atoms with E-state index < -0.39 is 0 Å². The van der Waals surface area contributed by atoms with Crippen LogP contribution in [0.3, 0.4) is 0 Å².